The fraction of sp³-hybridized carbons (Fsp3) is 0.458. The SMILES string of the molecule is CS(=O)(=O)c1ccc(C(=O)NC2CCC2N2CCC(Cc3ccc(Cl)cc3)CC2)cc1. The number of hydrogen-bond acceptors (Lipinski definition) is 4. The lowest BCUT2D eigenvalue weighted by atomic mass is 9.82. The van der Waals surface area contributed by atoms with E-state index in [1.54, 1.807) is 12.1 Å². The second-order valence-corrected chi connectivity index (χ2v) is 11.3. The molecule has 7 heteroatoms. The number of carbonyl (C=O) groups is 1. The van der Waals surface area contributed by atoms with Crippen LogP contribution in [-0.4, -0.2) is 50.7 Å². The summed E-state index contributed by atoms with van der Waals surface area (Å²) in [5.41, 5.74) is 1.85. The van der Waals surface area contributed by atoms with E-state index in [2.05, 4.69) is 22.3 Å². The zero-order chi connectivity index (χ0) is 22.0. The highest BCUT2D eigenvalue weighted by Crippen LogP contribution is 2.31. The highest BCUT2D eigenvalue weighted by Gasteiger charge is 2.38. The standard InChI is InChI=1S/C24H29ClN2O3S/c1-31(29,30)21-8-4-19(5-9-21)24(28)26-22-10-11-23(22)27-14-12-18(13-15-27)16-17-2-6-20(25)7-3-17/h2-9,18,22-23H,10-16H2,1H3,(H,26,28). The van der Waals surface area contributed by atoms with Crippen LogP contribution in [0.5, 0.6) is 0 Å². The molecular weight excluding hydrogens is 432 g/mol. The van der Waals surface area contributed by atoms with Crippen molar-refractivity contribution >= 4 is 27.3 Å². The summed E-state index contributed by atoms with van der Waals surface area (Å²) in [6.07, 6.45) is 6.71. The van der Waals surface area contributed by atoms with Crippen LogP contribution in [0.1, 0.15) is 41.6 Å². The van der Waals surface area contributed by atoms with Crippen molar-refractivity contribution in [1.82, 2.24) is 10.2 Å². The van der Waals surface area contributed by atoms with Gasteiger partial charge in [-0.05, 0) is 93.1 Å². The molecule has 2 aliphatic rings. The summed E-state index contributed by atoms with van der Waals surface area (Å²) in [6.45, 7) is 2.14. The topological polar surface area (TPSA) is 66.5 Å². The van der Waals surface area contributed by atoms with Crippen molar-refractivity contribution in [2.45, 2.75) is 49.1 Å². The molecule has 0 bridgehead atoms. The van der Waals surface area contributed by atoms with Crippen LogP contribution in [0.3, 0.4) is 0 Å². The van der Waals surface area contributed by atoms with Gasteiger partial charge in [0.25, 0.3) is 5.91 Å². The number of nitrogens with zero attached hydrogens (tertiary/aromatic N) is 1. The second-order valence-electron chi connectivity index (χ2n) is 8.83. The maximum Gasteiger partial charge on any atom is 0.251 e. The highest BCUT2D eigenvalue weighted by molar-refractivity contribution is 7.90. The summed E-state index contributed by atoms with van der Waals surface area (Å²) >= 11 is 5.98. The largest absolute Gasteiger partial charge is 0.348 e. The molecule has 5 nitrogen and oxygen atoms in total. The average molecular weight is 461 g/mol. The first kappa shape index (κ1) is 22.3. The van der Waals surface area contributed by atoms with E-state index in [4.69, 9.17) is 11.6 Å². The molecule has 1 amide bonds. The van der Waals surface area contributed by atoms with Crippen LogP contribution in [0.4, 0.5) is 0 Å². The Morgan fingerprint density at radius 2 is 1.65 bits per heavy atom. The lowest BCUT2D eigenvalue weighted by Gasteiger charge is -2.47. The van der Waals surface area contributed by atoms with Gasteiger partial charge in [-0.3, -0.25) is 9.69 Å². The number of amides is 1. The molecule has 0 spiro atoms. The smallest absolute Gasteiger partial charge is 0.251 e. The fourth-order valence-electron chi connectivity index (χ4n) is 4.64. The molecule has 1 saturated heterocycles. The van der Waals surface area contributed by atoms with E-state index >= 15 is 0 Å². The van der Waals surface area contributed by atoms with Crippen LogP contribution in [-0.2, 0) is 16.3 Å². The number of sulfone groups is 1. The number of carbonyl (C=O) groups excluding carboxylic acids is 1. The Hall–Kier alpha value is -1.89. The van der Waals surface area contributed by atoms with Crippen molar-refractivity contribution in [2.75, 3.05) is 19.3 Å². The number of rotatable bonds is 6. The van der Waals surface area contributed by atoms with Gasteiger partial charge in [-0.2, -0.15) is 0 Å². The summed E-state index contributed by atoms with van der Waals surface area (Å²) in [7, 11) is -3.26. The molecule has 0 aromatic heterocycles. The molecule has 2 aromatic carbocycles. The minimum absolute atomic E-state index is 0.132. The van der Waals surface area contributed by atoms with Crippen LogP contribution in [0.15, 0.2) is 53.4 Å². The Balaban J connectivity index is 1.27. The summed E-state index contributed by atoms with van der Waals surface area (Å²) in [4.78, 5) is 15.4. The zero-order valence-corrected chi connectivity index (χ0v) is 19.3. The molecule has 2 aromatic rings. The maximum absolute atomic E-state index is 12.6. The number of nitrogens with one attached hydrogen (secondary N) is 1. The summed E-state index contributed by atoms with van der Waals surface area (Å²) < 4.78 is 23.2. The monoisotopic (exact) mass is 460 g/mol. The second kappa shape index (κ2) is 9.31. The first-order valence-electron chi connectivity index (χ1n) is 10.9. The van der Waals surface area contributed by atoms with Crippen molar-refractivity contribution < 1.29 is 13.2 Å². The maximum atomic E-state index is 12.6. The molecule has 0 radical (unpaired) electrons. The molecule has 1 aliphatic heterocycles. The lowest BCUT2D eigenvalue weighted by molar-refractivity contribution is 0.0490. The predicted octanol–water partition coefficient (Wildman–Crippen LogP) is 3.96. The van der Waals surface area contributed by atoms with Gasteiger partial charge in [-0.15, -0.1) is 0 Å². The zero-order valence-electron chi connectivity index (χ0n) is 17.8. The molecule has 31 heavy (non-hydrogen) atoms. The van der Waals surface area contributed by atoms with E-state index in [0.717, 1.165) is 37.4 Å². The van der Waals surface area contributed by atoms with Gasteiger partial charge >= 0.3 is 0 Å². The Labute approximate surface area is 189 Å². The van der Waals surface area contributed by atoms with Crippen molar-refractivity contribution in [1.29, 1.82) is 0 Å². The van der Waals surface area contributed by atoms with Crippen molar-refractivity contribution in [3.63, 3.8) is 0 Å². The van der Waals surface area contributed by atoms with Gasteiger partial charge in [0.15, 0.2) is 9.84 Å². The molecule has 2 unspecified atom stereocenters. The molecule has 2 atom stereocenters. The fourth-order valence-corrected chi connectivity index (χ4v) is 5.39. The third-order valence-electron chi connectivity index (χ3n) is 6.65. The number of benzene rings is 2. The van der Waals surface area contributed by atoms with Gasteiger partial charge in [0.2, 0.25) is 0 Å². The van der Waals surface area contributed by atoms with Gasteiger partial charge in [-0.1, -0.05) is 23.7 Å². The third kappa shape index (κ3) is 5.48. The van der Waals surface area contributed by atoms with Crippen LogP contribution in [0.25, 0.3) is 0 Å². The van der Waals surface area contributed by atoms with Gasteiger partial charge in [0, 0.05) is 28.9 Å². The Bertz CT molecular complexity index is 1010. The van der Waals surface area contributed by atoms with E-state index in [1.165, 1.54) is 36.8 Å². The van der Waals surface area contributed by atoms with Gasteiger partial charge in [-0.25, -0.2) is 8.42 Å². The van der Waals surface area contributed by atoms with E-state index in [-0.39, 0.29) is 16.8 Å². The predicted molar refractivity (Wildman–Crippen MR) is 123 cm³/mol. The molecule has 1 N–H and O–H groups in total. The summed E-state index contributed by atoms with van der Waals surface area (Å²) in [6, 6.07) is 14.9. The Morgan fingerprint density at radius 1 is 1.00 bits per heavy atom. The van der Waals surface area contributed by atoms with Crippen LogP contribution < -0.4 is 5.32 Å². The summed E-state index contributed by atoms with van der Waals surface area (Å²) in [5.74, 6) is 0.561. The molecule has 1 saturated carbocycles. The minimum atomic E-state index is -3.26. The van der Waals surface area contributed by atoms with Gasteiger partial charge < -0.3 is 5.32 Å². The minimum Gasteiger partial charge on any atom is -0.348 e. The Morgan fingerprint density at radius 3 is 2.19 bits per heavy atom. The quantitative estimate of drug-likeness (QED) is 0.708. The van der Waals surface area contributed by atoms with Gasteiger partial charge in [0.05, 0.1) is 4.90 Å². The number of hydrogen-bond donors (Lipinski definition) is 1. The molecule has 1 heterocycles. The normalized spacial score (nSPS) is 22.6. The Kier molecular flexibility index (Phi) is 6.70. The number of halogens is 1. The first-order valence-corrected chi connectivity index (χ1v) is 13.2. The van der Waals surface area contributed by atoms with E-state index in [1.807, 2.05) is 12.1 Å². The molecule has 2 fully saturated rings. The van der Waals surface area contributed by atoms with E-state index in [0.29, 0.717) is 17.5 Å². The third-order valence-corrected chi connectivity index (χ3v) is 8.04. The first-order chi connectivity index (χ1) is 14.8. The molecule has 166 valence electrons. The number of piperidine rings is 1. The van der Waals surface area contributed by atoms with E-state index < -0.39 is 9.84 Å². The van der Waals surface area contributed by atoms with E-state index in [9.17, 15) is 13.2 Å². The molecule has 1 aliphatic carbocycles. The number of likely N-dealkylation sites (tertiary alicyclic amines) is 1. The molecule has 4 rings (SSSR count). The average Bonchev–Trinajstić information content (AvgIpc) is 2.73. The molecular formula is C24H29ClN2O3S. The van der Waals surface area contributed by atoms with Gasteiger partial charge in [0.1, 0.15) is 0 Å². The van der Waals surface area contributed by atoms with Crippen LogP contribution >= 0.6 is 11.6 Å². The van der Waals surface area contributed by atoms with Crippen molar-refractivity contribution in [2.24, 2.45) is 5.92 Å². The lowest BCUT2D eigenvalue weighted by Crippen LogP contribution is -2.59. The highest BCUT2D eigenvalue weighted by atomic mass is 35.5. The summed E-state index contributed by atoms with van der Waals surface area (Å²) in [5, 5.41) is 3.93. The van der Waals surface area contributed by atoms with Crippen LogP contribution in [0, 0.1) is 5.92 Å². The van der Waals surface area contributed by atoms with Crippen molar-refractivity contribution in [3.8, 4) is 0 Å². The van der Waals surface area contributed by atoms with Crippen LogP contribution in [0.2, 0.25) is 5.02 Å². The van der Waals surface area contributed by atoms with Crippen molar-refractivity contribution in [3.05, 3.63) is 64.7 Å².